The number of piperidine rings is 1. The first-order valence-corrected chi connectivity index (χ1v) is 10.9. The summed E-state index contributed by atoms with van der Waals surface area (Å²) >= 11 is 0. The molecule has 1 heterocycles. The van der Waals surface area contributed by atoms with Crippen LogP contribution in [0.15, 0.2) is 24.3 Å². The Morgan fingerprint density at radius 3 is 2.81 bits per heavy atom. The summed E-state index contributed by atoms with van der Waals surface area (Å²) in [6, 6.07) is 8.59. The standard InChI is InChI=1S/C23H37NO3/c1-2-3-4-5-6-7-17-27-22-13-8-11-20(18-22)21-12-9-15-24(19-21)16-10-14-23(25)26/h8,11,13,18,21H,2-7,9-10,12,14-17,19H2,1H3,(H,25,26). The van der Waals surface area contributed by atoms with Crippen molar-refractivity contribution < 1.29 is 14.6 Å². The van der Waals surface area contributed by atoms with Crippen molar-refractivity contribution in [1.82, 2.24) is 4.90 Å². The largest absolute Gasteiger partial charge is 0.494 e. The summed E-state index contributed by atoms with van der Waals surface area (Å²) in [5.41, 5.74) is 1.36. The smallest absolute Gasteiger partial charge is 0.303 e. The van der Waals surface area contributed by atoms with Gasteiger partial charge in [0.15, 0.2) is 0 Å². The second-order valence-corrected chi connectivity index (χ2v) is 7.83. The zero-order valence-corrected chi connectivity index (χ0v) is 17.0. The van der Waals surface area contributed by atoms with Crippen molar-refractivity contribution in [2.45, 2.75) is 77.0 Å². The number of ether oxygens (including phenoxy) is 1. The van der Waals surface area contributed by atoms with Gasteiger partial charge in [-0.2, -0.15) is 0 Å². The van der Waals surface area contributed by atoms with E-state index in [2.05, 4.69) is 36.1 Å². The second kappa shape index (κ2) is 12.8. The van der Waals surface area contributed by atoms with E-state index in [1.165, 1.54) is 50.5 Å². The molecule has 4 heteroatoms. The number of benzene rings is 1. The Hall–Kier alpha value is -1.55. The summed E-state index contributed by atoms with van der Waals surface area (Å²) < 4.78 is 5.98. The fourth-order valence-electron chi connectivity index (χ4n) is 3.92. The van der Waals surface area contributed by atoms with Crippen LogP contribution in [-0.4, -0.2) is 42.2 Å². The summed E-state index contributed by atoms with van der Waals surface area (Å²) in [7, 11) is 0. The van der Waals surface area contributed by atoms with E-state index in [0.29, 0.717) is 5.92 Å². The molecule has 0 bridgehead atoms. The Bertz CT molecular complexity index is 546. The van der Waals surface area contributed by atoms with E-state index in [-0.39, 0.29) is 6.42 Å². The summed E-state index contributed by atoms with van der Waals surface area (Å²) in [6.07, 6.45) is 11.1. The fraction of sp³-hybridized carbons (Fsp3) is 0.696. The third kappa shape index (κ3) is 8.79. The van der Waals surface area contributed by atoms with Gasteiger partial charge in [-0.25, -0.2) is 0 Å². The highest BCUT2D eigenvalue weighted by atomic mass is 16.5. The lowest BCUT2D eigenvalue weighted by Crippen LogP contribution is -2.35. The third-order valence-corrected chi connectivity index (χ3v) is 5.47. The Morgan fingerprint density at radius 2 is 2.00 bits per heavy atom. The van der Waals surface area contributed by atoms with Crippen LogP contribution in [0, 0.1) is 0 Å². The van der Waals surface area contributed by atoms with Gasteiger partial charge in [-0.15, -0.1) is 0 Å². The number of hydrogen-bond acceptors (Lipinski definition) is 3. The SMILES string of the molecule is CCCCCCCCOc1cccc(C2CCCN(CCCC(=O)O)C2)c1. The minimum Gasteiger partial charge on any atom is -0.494 e. The van der Waals surface area contributed by atoms with E-state index in [1.807, 2.05) is 0 Å². The molecule has 1 N–H and O–H groups in total. The van der Waals surface area contributed by atoms with Crippen molar-refractivity contribution in [3.8, 4) is 5.75 Å². The molecule has 1 fully saturated rings. The number of unbranched alkanes of at least 4 members (excludes halogenated alkanes) is 5. The molecular formula is C23H37NO3. The summed E-state index contributed by atoms with van der Waals surface area (Å²) in [5.74, 6) is 0.823. The molecule has 2 rings (SSSR count). The molecule has 1 saturated heterocycles. The molecule has 0 spiro atoms. The number of rotatable bonds is 13. The van der Waals surface area contributed by atoms with E-state index in [4.69, 9.17) is 9.84 Å². The zero-order valence-electron chi connectivity index (χ0n) is 17.0. The van der Waals surface area contributed by atoms with Crippen molar-refractivity contribution >= 4 is 5.97 Å². The molecule has 1 aliphatic heterocycles. The average Bonchev–Trinajstić information content (AvgIpc) is 2.67. The van der Waals surface area contributed by atoms with Gasteiger partial charge in [0.25, 0.3) is 0 Å². The van der Waals surface area contributed by atoms with Crippen molar-refractivity contribution in [2.24, 2.45) is 0 Å². The quantitative estimate of drug-likeness (QED) is 0.464. The van der Waals surface area contributed by atoms with Gasteiger partial charge < -0.3 is 14.7 Å². The van der Waals surface area contributed by atoms with Gasteiger partial charge in [-0.1, -0.05) is 51.2 Å². The van der Waals surface area contributed by atoms with E-state index < -0.39 is 5.97 Å². The lowest BCUT2D eigenvalue weighted by Gasteiger charge is -2.33. The lowest BCUT2D eigenvalue weighted by molar-refractivity contribution is -0.137. The Balaban J connectivity index is 1.74. The van der Waals surface area contributed by atoms with Gasteiger partial charge >= 0.3 is 5.97 Å². The van der Waals surface area contributed by atoms with Crippen LogP contribution in [0.5, 0.6) is 5.75 Å². The number of nitrogens with zero attached hydrogens (tertiary/aromatic N) is 1. The highest BCUT2D eigenvalue weighted by molar-refractivity contribution is 5.66. The highest BCUT2D eigenvalue weighted by Gasteiger charge is 2.21. The molecule has 0 saturated carbocycles. The molecular weight excluding hydrogens is 338 g/mol. The molecule has 1 atom stereocenters. The van der Waals surface area contributed by atoms with Crippen LogP contribution in [0.3, 0.4) is 0 Å². The topological polar surface area (TPSA) is 49.8 Å². The Labute approximate surface area is 164 Å². The molecule has 1 aromatic carbocycles. The second-order valence-electron chi connectivity index (χ2n) is 7.83. The molecule has 1 aromatic rings. The van der Waals surface area contributed by atoms with E-state index in [1.54, 1.807) is 0 Å². The van der Waals surface area contributed by atoms with Gasteiger partial charge in [0.1, 0.15) is 5.75 Å². The van der Waals surface area contributed by atoms with Crippen molar-refractivity contribution in [2.75, 3.05) is 26.2 Å². The number of carboxylic acid groups (broad SMARTS) is 1. The molecule has 1 aliphatic rings. The van der Waals surface area contributed by atoms with Crippen molar-refractivity contribution in [3.63, 3.8) is 0 Å². The highest BCUT2D eigenvalue weighted by Crippen LogP contribution is 2.29. The van der Waals surface area contributed by atoms with Crippen LogP contribution in [0.1, 0.15) is 82.6 Å². The number of hydrogen-bond donors (Lipinski definition) is 1. The molecule has 152 valence electrons. The summed E-state index contributed by atoms with van der Waals surface area (Å²) in [5, 5.41) is 8.81. The van der Waals surface area contributed by atoms with E-state index >= 15 is 0 Å². The van der Waals surface area contributed by atoms with E-state index in [0.717, 1.165) is 44.8 Å². The summed E-state index contributed by atoms with van der Waals surface area (Å²) in [4.78, 5) is 13.1. The first kappa shape index (κ1) is 21.7. The zero-order chi connectivity index (χ0) is 19.3. The maximum atomic E-state index is 10.7. The van der Waals surface area contributed by atoms with Gasteiger partial charge in [0.05, 0.1) is 6.61 Å². The predicted octanol–water partition coefficient (Wildman–Crippen LogP) is 5.47. The minimum absolute atomic E-state index is 0.267. The number of aliphatic carboxylic acids is 1. The number of carboxylic acids is 1. The van der Waals surface area contributed by atoms with Crippen LogP contribution in [0.2, 0.25) is 0 Å². The maximum Gasteiger partial charge on any atom is 0.303 e. The van der Waals surface area contributed by atoms with Crippen LogP contribution in [-0.2, 0) is 4.79 Å². The summed E-state index contributed by atoms with van der Waals surface area (Å²) in [6.45, 7) is 6.06. The van der Waals surface area contributed by atoms with Crippen molar-refractivity contribution in [1.29, 1.82) is 0 Å². The lowest BCUT2D eigenvalue weighted by atomic mass is 9.90. The molecule has 0 aromatic heterocycles. The molecule has 4 nitrogen and oxygen atoms in total. The molecule has 0 aliphatic carbocycles. The van der Waals surface area contributed by atoms with Crippen molar-refractivity contribution in [3.05, 3.63) is 29.8 Å². The first-order valence-electron chi connectivity index (χ1n) is 10.9. The third-order valence-electron chi connectivity index (χ3n) is 5.47. The van der Waals surface area contributed by atoms with Gasteiger partial charge in [-0.05, 0) is 62.4 Å². The molecule has 0 amide bonds. The molecule has 0 radical (unpaired) electrons. The van der Waals surface area contributed by atoms with Crippen LogP contribution in [0.4, 0.5) is 0 Å². The fourth-order valence-corrected chi connectivity index (χ4v) is 3.92. The molecule has 1 unspecified atom stereocenters. The monoisotopic (exact) mass is 375 g/mol. The minimum atomic E-state index is -0.696. The van der Waals surface area contributed by atoms with Gasteiger partial charge in [0, 0.05) is 13.0 Å². The number of likely N-dealkylation sites (tertiary alicyclic amines) is 1. The normalized spacial score (nSPS) is 17.7. The van der Waals surface area contributed by atoms with Crippen LogP contribution >= 0.6 is 0 Å². The van der Waals surface area contributed by atoms with Gasteiger partial charge in [0.2, 0.25) is 0 Å². The molecule has 27 heavy (non-hydrogen) atoms. The van der Waals surface area contributed by atoms with Crippen LogP contribution < -0.4 is 4.74 Å². The maximum absolute atomic E-state index is 10.7. The predicted molar refractivity (Wildman–Crippen MR) is 111 cm³/mol. The van der Waals surface area contributed by atoms with E-state index in [9.17, 15) is 4.79 Å². The Kier molecular flexibility index (Phi) is 10.3. The van der Waals surface area contributed by atoms with Gasteiger partial charge in [-0.3, -0.25) is 4.79 Å². The first-order chi connectivity index (χ1) is 13.2. The van der Waals surface area contributed by atoms with Crippen LogP contribution in [0.25, 0.3) is 0 Å². The Morgan fingerprint density at radius 1 is 1.19 bits per heavy atom. The number of carbonyl (C=O) groups is 1. The average molecular weight is 376 g/mol.